The Labute approximate surface area is 203 Å². The second-order valence-electron chi connectivity index (χ2n) is 8.22. The SMILES string of the molecule is Cn1cc(-c2ncc(-c3cccc(CCl)c3)cc2C(=O)NCc2ccc3ccccc3c2)cn1. The lowest BCUT2D eigenvalue weighted by molar-refractivity contribution is 0.0951. The van der Waals surface area contributed by atoms with E-state index in [9.17, 15) is 4.79 Å². The molecule has 0 radical (unpaired) electrons. The highest BCUT2D eigenvalue weighted by Gasteiger charge is 2.17. The summed E-state index contributed by atoms with van der Waals surface area (Å²) in [5.74, 6) is 0.239. The van der Waals surface area contributed by atoms with Crippen molar-refractivity contribution in [3.63, 3.8) is 0 Å². The molecule has 0 aliphatic rings. The first-order valence-electron chi connectivity index (χ1n) is 11.0. The predicted octanol–water partition coefficient (Wildman–Crippen LogP) is 5.97. The third-order valence-electron chi connectivity index (χ3n) is 5.79. The second-order valence-corrected chi connectivity index (χ2v) is 8.49. The van der Waals surface area contributed by atoms with E-state index in [4.69, 9.17) is 11.6 Å². The molecule has 0 spiro atoms. The first-order valence-corrected chi connectivity index (χ1v) is 11.5. The van der Waals surface area contributed by atoms with Gasteiger partial charge in [-0.05, 0) is 45.7 Å². The fraction of sp³-hybridized carbons (Fsp3) is 0.107. The number of carbonyl (C=O) groups excluding carboxylic acids is 1. The number of pyridine rings is 1. The summed E-state index contributed by atoms with van der Waals surface area (Å²) in [4.78, 5) is 18.1. The van der Waals surface area contributed by atoms with Crippen LogP contribution < -0.4 is 5.32 Å². The number of benzene rings is 3. The van der Waals surface area contributed by atoms with Crippen LogP contribution in [-0.2, 0) is 19.5 Å². The normalized spacial score (nSPS) is 11.0. The Morgan fingerprint density at radius 3 is 2.53 bits per heavy atom. The molecule has 0 aliphatic heterocycles. The minimum atomic E-state index is -0.185. The van der Waals surface area contributed by atoms with Crippen molar-refractivity contribution in [1.82, 2.24) is 20.1 Å². The summed E-state index contributed by atoms with van der Waals surface area (Å²) in [6, 6.07) is 24.2. The zero-order chi connectivity index (χ0) is 23.5. The van der Waals surface area contributed by atoms with Gasteiger partial charge in [-0.25, -0.2) is 0 Å². The lowest BCUT2D eigenvalue weighted by atomic mass is 10.0. The molecule has 0 fully saturated rings. The molecule has 1 amide bonds. The Balaban J connectivity index is 1.48. The van der Waals surface area contributed by atoms with Gasteiger partial charge >= 0.3 is 0 Å². The van der Waals surface area contributed by atoms with Gasteiger partial charge in [0.2, 0.25) is 0 Å². The van der Waals surface area contributed by atoms with Crippen molar-refractivity contribution in [3.05, 3.63) is 108 Å². The number of alkyl halides is 1. The molecule has 5 rings (SSSR count). The molecule has 168 valence electrons. The number of hydrogen-bond acceptors (Lipinski definition) is 3. The first-order chi connectivity index (χ1) is 16.6. The van der Waals surface area contributed by atoms with E-state index in [1.54, 1.807) is 17.1 Å². The summed E-state index contributed by atoms with van der Waals surface area (Å²) in [7, 11) is 1.84. The van der Waals surface area contributed by atoms with Crippen LogP contribution in [0.2, 0.25) is 0 Å². The summed E-state index contributed by atoms with van der Waals surface area (Å²) in [5.41, 5.74) is 5.76. The van der Waals surface area contributed by atoms with Crippen LogP contribution in [0.3, 0.4) is 0 Å². The van der Waals surface area contributed by atoms with Crippen LogP contribution in [0.5, 0.6) is 0 Å². The van der Waals surface area contributed by atoms with Crippen LogP contribution in [0.15, 0.2) is 91.4 Å². The molecule has 2 heterocycles. The average Bonchev–Trinajstić information content (AvgIpc) is 3.32. The summed E-state index contributed by atoms with van der Waals surface area (Å²) >= 11 is 6.02. The van der Waals surface area contributed by atoms with Gasteiger partial charge in [0.25, 0.3) is 5.91 Å². The minimum absolute atomic E-state index is 0.185. The van der Waals surface area contributed by atoms with Gasteiger partial charge in [-0.15, -0.1) is 11.6 Å². The van der Waals surface area contributed by atoms with Crippen LogP contribution in [0, 0.1) is 0 Å². The lowest BCUT2D eigenvalue weighted by Gasteiger charge is -2.12. The van der Waals surface area contributed by atoms with E-state index >= 15 is 0 Å². The quantitative estimate of drug-likeness (QED) is 0.313. The number of hydrogen-bond donors (Lipinski definition) is 1. The second kappa shape index (κ2) is 9.49. The van der Waals surface area contributed by atoms with Gasteiger partial charge in [-0.1, -0.05) is 54.6 Å². The summed E-state index contributed by atoms with van der Waals surface area (Å²) < 4.78 is 1.70. The standard InChI is InChI=1S/C28H23ClN4O/c1-33-18-25(17-32-33)27-26(13-24(16-30-27)23-8-4-5-19(11-23)14-29)28(34)31-15-20-9-10-21-6-2-3-7-22(21)12-20/h2-13,16-18H,14-15H2,1H3,(H,31,34). The van der Waals surface area contributed by atoms with Gasteiger partial charge in [0.05, 0.1) is 17.5 Å². The lowest BCUT2D eigenvalue weighted by Crippen LogP contribution is -2.23. The Hall–Kier alpha value is -3.96. The maximum atomic E-state index is 13.4. The van der Waals surface area contributed by atoms with E-state index in [2.05, 4.69) is 39.7 Å². The number of aromatic nitrogens is 3. The monoisotopic (exact) mass is 466 g/mol. The smallest absolute Gasteiger partial charge is 0.253 e. The van der Waals surface area contributed by atoms with Gasteiger partial charge in [-0.2, -0.15) is 5.10 Å². The number of fused-ring (bicyclic) bond motifs is 1. The van der Waals surface area contributed by atoms with E-state index in [1.165, 1.54) is 5.39 Å². The van der Waals surface area contributed by atoms with Crippen molar-refractivity contribution in [3.8, 4) is 22.4 Å². The third kappa shape index (κ3) is 4.56. The van der Waals surface area contributed by atoms with Gasteiger partial charge in [-0.3, -0.25) is 14.5 Å². The van der Waals surface area contributed by atoms with E-state index in [0.29, 0.717) is 23.7 Å². The number of halogens is 1. The summed E-state index contributed by atoms with van der Waals surface area (Å²) in [5, 5.41) is 9.64. The Morgan fingerprint density at radius 1 is 0.882 bits per heavy atom. The Morgan fingerprint density at radius 2 is 1.74 bits per heavy atom. The number of nitrogens with one attached hydrogen (secondary N) is 1. The maximum Gasteiger partial charge on any atom is 0.253 e. The highest BCUT2D eigenvalue weighted by Crippen LogP contribution is 2.27. The van der Waals surface area contributed by atoms with Crippen molar-refractivity contribution >= 4 is 28.3 Å². The fourth-order valence-corrected chi connectivity index (χ4v) is 4.20. The highest BCUT2D eigenvalue weighted by atomic mass is 35.5. The van der Waals surface area contributed by atoms with E-state index in [-0.39, 0.29) is 5.91 Å². The maximum absolute atomic E-state index is 13.4. The molecule has 1 N–H and O–H groups in total. The summed E-state index contributed by atoms with van der Waals surface area (Å²) in [6.45, 7) is 0.419. The Kier molecular flexibility index (Phi) is 6.11. The van der Waals surface area contributed by atoms with E-state index < -0.39 is 0 Å². The number of nitrogens with zero attached hydrogens (tertiary/aromatic N) is 3. The molecule has 3 aromatic carbocycles. The first kappa shape index (κ1) is 21.9. The zero-order valence-corrected chi connectivity index (χ0v) is 19.5. The largest absolute Gasteiger partial charge is 0.348 e. The van der Waals surface area contributed by atoms with Crippen LogP contribution in [0.1, 0.15) is 21.5 Å². The minimum Gasteiger partial charge on any atom is -0.348 e. The van der Waals surface area contributed by atoms with E-state index in [0.717, 1.165) is 33.2 Å². The van der Waals surface area contributed by atoms with Crippen LogP contribution >= 0.6 is 11.6 Å². The number of carbonyl (C=O) groups is 1. The fourth-order valence-electron chi connectivity index (χ4n) is 4.03. The molecule has 34 heavy (non-hydrogen) atoms. The van der Waals surface area contributed by atoms with E-state index in [1.807, 2.05) is 61.8 Å². The van der Waals surface area contributed by atoms with Crippen molar-refractivity contribution in [1.29, 1.82) is 0 Å². The Bertz CT molecular complexity index is 1490. The molecule has 0 bridgehead atoms. The van der Waals surface area contributed by atoms with Crippen LogP contribution in [-0.4, -0.2) is 20.7 Å². The predicted molar refractivity (Wildman–Crippen MR) is 137 cm³/mol. The van der Waals surface area contributed by atoms with Gasteiger partial charge in [0.15, 0.2) is 0 Å². The van der Waals surface area contributed by atoms with Crippen molar-refractivity contribution in [2.45, 2.75) is 12.4 Å². The van der Waals surface area contributed by atoms with Crippen molar-refractivity contribution in [2.75, 3.05) is 0 Å². The third-order valence-corrected chi connectivity index (χ3v) is 6.10. The molecule has 0 saturated carbocycles. The van der Waals surface area contributed by atoms with Gasteiger partial charge in [0, 0.05) is 43.0 Å². The summed E-state index contributed by atoms with van der Waals surface area (Å²) in [6.07, 6.45) is 5.36. The molecule has 6 heteroatoms. The van der Waals surface area contributed by atoms with Gasteiger partial charge in [0.1, 0.15) is 0 Å². The van der Waals surface area contributed by atoms with Crippen molar-refractivity contribution < 1.29 is 4.79 Å². The highest BCUT2D eigenvalue weighted by molar-refractivity contribution is 6.17. The molecular weight excluding hydrogens is 444 g/mol. The number of amides is 1. The molecule has 0 saturated heterocycles. The topological polar surface area (TPSA) is 59.8 Å². The number of rotatable bonds is 6. The number of aryl methyl sites for hydroxylation is 1. The van der Waals surface area contributed by atoms with Crippen LogP contribution in [0.25, 0.3) is 33.2 Å². The molecule has 2 aromatic heterocycles. The molecule has 0 atom stereocenters. The molecule has 5 aromatic rings. The van der Waals surface area contributed by atoms with Gasteiger partial charge < -0.3 is 5.32 Å². The average molecular weight is 467 g/mol. The zero-order valence-electron chi connectivity index (χ0n) is 18.7. The van der Waals surface area contributed by atoms with Crippen molar-refractivity contribution in [2.24, 2.45) is 7.05 Å². The molecule has 0 aliphatic carbocycles. The van der Waals surface area contributed by atoms with Crippen LogP contribution in [0.4, 0.5) is 0 Å². The molecule has 0 unspecified atom stereocenters. The molecule has 5 nitrogen and oxygen atoms in total. The molecular formula is C28H23ClN4O.